The van der Waals surface area contributed by atoms with E-state index in [1.54, 1.807) is 4.90 Å². The lowest BCUT2D eigenvalue weighted by Crippen LogP contribution is -2.49. The first-order chi connectivity index (χ1) is 11.4. The Morgan fingerprint density at radius 1 is 1.25 bits per heavy atom. The Balaban J connectivity index is 1.58. The van der Waals surface area contributed by atoms with E-state index in [2.05, 4.69) is 10.0 Å². The third-order valence-electron chi connectivity index (χ3n) is 3.77. The quantitative estimate of drug-likeness (QED) is 0.719. The summed E-state index contributed by atoms with van der Waals surface area (Å²) in [6.07, 6.45) is 3.16. The highest BCUT2D eigenvalue weighted by Crippen LogP contribution is 2.11. The Labute approximate surface area is 143 Å². The van der Waals surface area contributed by atoms with Crippen LogP contribution in [0.3, 0.4) is 0 Å². The van der Waals surface area contributed by atoms with Gasteiger partial charge in [0, 0.05) is 25.7 Å². The summed E-state index contributed by atoms with van der Waals surface area (Å²) in [7, 11) is -3.19. The molecule has 134 valence electrons. The van der Waals surface area contributed by atoms with E-state index in [9.17, 15) is 13.2 Å². The monoisotopic (exact) mass is 355 g/mol. The molecule has 0 atom stereocenters. The molecule has 0 saturated carbocycles. The summed E-state index contributed by atoms with van der Waals surface area (Å²) in [6.45, 7) is 2.21. The number of amides is 2. The van der Waals surface area contributed by atoms with Gasteiger partial charge < -0.3 is 15.0 Å². The molecule has 24 heavy (non-hydrogen) atoms. The van der Waals surface area contributed by atoms with Crippen molar-refractivity contribution >= 4 is 16.1 Å². The van der Waals surface area contributed by atoms with E-state index < -0.39 is 10.0 Å². The fourth-order valence-electron chi connectivity index (χ4n) is 2.59. The predicted molar refractivity (Wildman–Crippen MR) is 92.5 cm³/mol. The third kappa shape index (κ3) is 6.76. The van der Waals surface area contributed by atoms with Gasteiger partial charge in [0.15, 0.2) is 0 Å². The Kier molecular flexibility index (Phi) is 6.86. The normalized spacial score (nSPS) is 16.0. The van der Waals surface area contributed by atoms with Crippen LogP contribution < -0.4 is 14.8 Å². The van der Waals surface area contributed by atoms with E-state index in [0.717, 1.165) is 18.4 Å². The first-order valence-corrected chi connectivity index (χ1v) is 10.0. The minimum absolute atomic E-state index is 0.0803. The van der Waals surface area contributed by atoms with Crippen molar-refractivity contribution in [3.8, 4) is 5.75 Å². The minimum atomic E-state index is -3.19. The fraction of sp³-hybridized carbons (Fsp3) is 0.562. The van der Waals surface area contributed by atoms with Crippen LogP contribution in [-0.4, -0.2) is 57.9 Å². The molecule has 0 aromatic heterocycles. The summed E-state index contributed by atoms with van der Waals surface area (Å²) in [6, 6.07) is 9.37. The Hall–Kier alpha value is -1.80. The first-order valence-electron chi connectivity index (χ1n) is 8.12. The number of nitrogens with zero attached hydrogens (tertiary/aromatic N) is 1. The molecule has 1 fully saturated rings. The molecule has 0 radical (unpaired) electrons. The van der Waals surface area contributed by atoms with Gasteiger partial charge in [0.2, 0.25) is 10.0 Å². The molecule has 0 unspecified atom stereocenters. The molecule has 1 saturated heterocycles. The molecular formula is C16H25N3O4S. The average Bonchev–Trinajstić information content (AvgIpc) is 2.54. The van der Waals surface area contributed by atoms with Crippen molar-refractivity contribution < 1.29 is 17.9 Å². The second kappa shape index (κ2) is 8.89. The van der Waals surface area contributed by atoms with Crippen LogP contribution in [0.15, 0.2) is 30.3 Å². The number of ether oxygens (including phenoxy) is 1. The van der Waals surface area contributed by atoms with Gasteiger partial charge in [-0.15, -0.1) is 0 Å². The Morgan fingerprint density at radius 2 is 1.92 bits per heavy atom. The van der Waals surface area contributed by atoms with E-state index in [0.29, 0.717) is 39.1 Å². The summed E-state index contributed by atoms with van der Waals surface area (Å²) in [5.41, 5.74) is 0. The van der Waals surface area contributed by atoms with Crippen molar-refractivity contribution in [1.29, 1.82) is 0 Å². The van der Waals surface area contributed by atoms with Gasteiger partial charge >= 0.3 is 6.03 Å². The van der Waals surface area contributed by atoms with Crippen molar-refractivity contribution in [3.63, 3.8) is 0 Å². The standard InChI is InChI=1S/C16H25N3O4S/c1-24(21,22)18-14-8-11-19(12-9-14)16(20)17-10-5-13-23-15-6-3-2-4-7-15/h2-4,6-7,14,18H,5,8-13H2,1H3,(H,17,20). The zero-order chi connectivity index (χ0) is 17.4. The number of nitrogens with one attached hydrogen (secondary N) is 2. The van der Waals surface area contributed by atoms with Crippen LogP contribution >= 0.6 is 0 Å². The van der Waals surface area contributed by atoms with Crippen LogP contribution in [0.4, 0.5) is 4.79 Å². The van der Waals surface area contributed by atoms with Crippen molar-refractivity contribution in [2.75, 3.05) is 32.5 Å². The molecule has 0 bridgehead atoms. The fourth-order valence-corrected chi connectivity index (χ4v) is 3.43. The number of carbonyl (C=O) groups excluding carboxylic acids is 1. The average molecular weight is 355 g/mol. The van der Waals surface area contributed by atoms with Gasteiger partial charge in [0.25, 0.3) is 0 Å². The lowest BCUT2D eigenvalue weighted by molar-refractivity contribution is 0.179. The molecular weight excluding hydrogens is 330 g/mol. The maximum atomic E-state index is 12.1. The number of hydrogen-bond acceptors (Lipinski definition) is 4. The largest absolute Gasteiger partial charge is 0.494 e. The summed E-state index contributed by atoms with van der Waals surface area (Å²) < 4.78 is 30.6. The maximum absolute atomic E-state index is 12.1. The van der Waals surface area contributed by atoms with Gasteiger partial charge in [-0.1, -0.05) is 18.2 Å². The van der Waals surface area contributed by atoms with Gasteiger partial charge in [-0.25, -0.2) is 17.9 Å². The van der Waals surface area contributed by atoms with Crippen LogP contribution in [0, 0.1) is 0 Å². The molecule has 1 aliphatic rings. The molecule has 2 rings (SSSR count). The van der Waals surface area contributed by atoms with Gasteiger partial charge in [0.05, 0.1) is 12.9 Å². The number of para-hydroxylation sites is 1. The van der Waals surface area contributed by atoms with E-state index in [1.807, 2.05) is 30.3 Å². The molecule has 2 amide bonds. The summed E-state index contributed by atoms with van der Waals surface area (Å²) >= 11 is 0. The van der Waals surface area contributed by atoms with Crippen molar-refractivity contribution in [2.24, 2.45) is 0 Å². The van der Waals surface area contributed by atoms with Gasteiger partial charge in [-0.2, -0.15) is 0 Å². The molecule has 8 heteroatoms. The molecule has 1 aliphatic heterocycles. The maximum Gasteiger partial charge on any atom is 0.317 e. The highest BCUT2D eigenvalue weighted by atomic mass is 32.2. The van der Waals surface area contributed by atoms with Crippen LogP contribution in [-0.2, 0) is 10.0 Å². The van der Waals surface area contributed by atoms with E-state index in [-0.39, 0.29) is 12.1 Å². The molecule has 1 heterocycles. The highest BCUT2D eigenvalue weighted by molar-refractivity contribution is 7.88. The summed E-state index contributed by atoms with van der Waals surface area (Å²) in [5.74, 6) is 0.823. The topological polar surface area (TPSA) is 87.7 Å². The minimum Gasteiger partial charge on any atom is -0.494 e. The van der Waals surface area contributed by atoms with Crippen molar-refractivity contribution in [1.82, 2.24) is 14.9 Å². The molecule has 1 aromatic carbocycles. The second-order valence-electron chi connectivity index (χ2n) is 5.90. The SMILES string of the molecule is CS(=O)(=O)NC1CCN(C(=O)NCCCOc2ccccc2)CC1. The number of sulfonamides is 1. The summed E-state index contributed by atoms with van der Waals surface area (Å²) in [5, 5.41) is 2.87. The number of benzene rings is 1. The number of likely N-dealkylation sites (tertiary alicyclic amines) is 1. The third-order valence-corrected chi connectivity index (χ3v) is 4.53. The summed E-state index contributed by atoms with van der Waals surface area (Å²) in [4.78, 5) is 13.8. The van der Waals surface area contributed by atoms with Crippen LogP contribution in [0.5, 0.6) is 5.75 Å². The van der Waals surface area contributed by atoms with Gasteiger partial charge in [-0.05, 0) is 31.4 Å². The van der Waals surface area contributed by atoms with Gasteiger partial charge in [-0.3, -0.25) is 0 Å². The molecule has 2 N–H and O–H groups in total. The second-order valence-corrected chi connectivity index (χ2v) is 7.68. The molecule has 0 aliphatic carbocycles. The van der Waals surface area contributed by atoms with Crippen LogP contribution in [0.1, 0.15) is 19.3 Å². The Bertz CT molecular complexity index is 613. The lowest BCUT2D eigenvalue weighted by atomic mass is 10.1. The Morgan fingerprint density at radius 3 is 2.54 bits per heavy atom. The van der Waals surface area contributed by atoms with E-state index in [1.165, 1.54) is 0 Å². The van der Waals surface area contributed by atoms with Gasteiger partial charge in [0.1, 0.15) is 5.75 Å². The number of rotatable bonds is 7. The number of piperidine rings is 1. The first kappa shape index (κ1) is 18.5. The molecule has 7 nitrogen and oxygen atoms in total. The smallest absolute Gasteiger partial charge is 0.317 e. The lowest BCUT2D eigenvalue weighted by Gasteiger charge is -2.32. The van der Waals surface area contributed by atoms with Crippen molar-refractivity contribution in [3.05, 3.63) is 30.3 Å². The number of carbonyl (C=O) groups is 1. The molecule has 0 spiro atoms. The van der Waals surface area contributed by atoms with Crippen LogP contribution in [0.25, 0.3) is 0 Å². The molecule has 1 aromatic rings. The zero-order valence-corrected chi connectivity index (χ0v) is 14.7. The van der Waals surface area contributed by atoms with E-state index >= 15 is 0 Å². The zero-order valence-electron chi connectivity index (χ0n) is 13.9. The predicted octanol–water partition coefficient (Wildman–Crippen LogP) is 1.18. The number of urea groups is 1. The van der Waals surface area contributed by atoms with Crippen LogP contribution in [0.2, 0.25) is 0 Å². The van der Waals surface area contributed by atoms with Crippen molar-refractivity contribution in [2.45, 2.75) is 25.3 Å². The number of hydrogen-bond donors (Lipinski definition) is 2. The van der Waals surface area contributed by atoms with E-state index in [4.69, 9.17) is 4.74 Å². The highest BCUT2D eigenvalue weighted by Gasteiger charge is 2.24.